The maximum Gasteiger partial charge on any atom is 0.409 e. The van der Waals surface area contributed by atoms with E-state index in [4.69, 9.17) is 10.00 Å². The summed E-state index contributed by atoms with van der Waals surface area (Å²) >= 11 is 0. The summed E-state index contributed by atoms with van der Waals surface area (Å²) in [5, 5.41) is 11.2. The number of nitrogens with one attached hydrogen (secondary N) is 1. The molecule has 0 aromatic carbocycles. The Labute approximate surface area is 113 Å². The second-order valence-corrected chi connectivity index (χ2v) is 4.63. The standard InChI is InChI=1S/C13H21N3O3/c1-2-3-10-19-13(18)16-8-5-11(6-9-16)15-12(17)4-7-14/h11H,2-6,8-10H2,1H3,(H,15,17). The van der Waals surface area contributed by atoms with Crippen LogP contribution in [0.1, 0.15) is 39.0 Å². The summed E-state index contributed by atoms with van der Waals surface area (Å²) in [6.07, 6.45) is 2.92. The van der Waals surface area contributed by atoms with Crippen molar-refractivity contribution in [2.45, 2.75) is 45.1 Å². The van der Waals surface area contributed by atoms with Crippen LogP contribution in [0.4, 0.5) is 4.79 Å². The van der Waals surface area contributed by atoms with Crippen molar-refractivity contribution in [1.82, 2.24) is 10.2 Å². The normalized spacial score (nSPS) is 15.7. The fourth-order valence-electron chi connectivity index (χ4n) is 1.95. The lowest BCUT2D eigenvalue weighted by atomic mass is 10.1. The quantitative estimate of drug-likeness (QED) is 0.764. The van der Waals surface area contributed by atoms with Crippen LogP contribution in [0.5, 0.6) is 0 Å². The number of carbonyl (C=O) groups excluding carboxylic acids is 2. The van der Waals surface area contributed by atoms with E-state index in [0.717, 1.165) is 12.8 Å². The zero-order valence-corrected chi connectivity index (χ0v) is 11.4. The molecule has 1 aliphatic heterocycles. The number of hydrogen-bond donors (Lipinski definition) is 1. The zero-order chi connectivity index (χ0) is 14.1. The Morgan fingerprint density at radius 2 is 2.11 bits per heavy atom. The SMILES string of the molecule is CCCCOC(=O)N1CCC(NC(=O)CC#N)CC1. The molecule has 1 heterocycles. The highest BCUT2D eigenvalue weighted by Crippen LogP contribution is 2.11. The minimum atomic E-state index is -0.268. The van der Waals surface area contributed by atoms with Crippen LogP contribution < -0.4 is 5.32 Å². The predicted octanol–water partition coefficient (Wildman–Crippen LogP) is 1.42. The Kier molecular flexibility index (Phi) is 6.72. The van der Waals surface area contributed by atoms with E-state index in [1.54, 1.807) is 4.90 Å². The predicted molar refractivity (Wildman–Crippen MR) is 69.2 cm³/mol. The summed E-state index contributed by atoms with van der Waals surface area (Å²) in [4.78, 5) is 24.6. The molecule has 19 heavy (non-hydrogen) atoms. The number of hydrogen-bond acceptors (Lipinski definition) is 4. The minimum absolute atomic E-state index is 0.0561. The van der Waals surface area contributed by atoms with E-state index in [1.807, 2.05) is 13.0 Å². The molecule has 6 nitrogen and oxygen atoms in total. The first-order valence-electron chi connectivity index (χ1n) is 6.75. The molecular formula is C13H21N3O3. The van der Waals surface area contributed by atoms with Crippen molar-refractivity contribution >= 4 is 12.0 Å². The molecule has 0 atom stereocenters. The Morgan fingerprint density at radius 1 is 1.42 bits per heavy atom. The van der Waals surface area contributed by atoms with Gasteiger partial charge in [0, 0.05) is 19.1 Å². The van der Waals surface area contributed by atoms with E-state index in [1.165, 1.54) is 0 Å². The van der Waals surface area contributed by atoms with Gasteiger partial charge in [0.05, 0.1) is 12.7 Å². The summed E-state index contributed by atoms with van der Waals surface area (Å²) in [6.45, 7) is 3.68. The molecule has 106 valence electrons. The number of ether oxygens (including phenoxy) is 1. The first-order valence-corrected chi connectivity index (χ1v) is 6.75. The Hall–Kier alpha value is -1.77. The molecule has 0 bridgehead atoms. The van der Waals surface area contributed by atoms with Crippen molar-refractivity contribution in [1.29, 1.82) is 5.26 Å². The fraction of sp³-hybridized carbons (Fsp3) is 0.769. The number of unbranched alkanes of at least 4 members (excludes halogenated alkanes) is 1. The van der Waals surface area contributed by atoms with E-state index in [0.29, 0.717) is 32.5 Å². The molecule has 1 saturated heterocycles. The lowest BCUT2D eigenvalue weighted by Crippen LogP contribution is -2.46. The van der Waals surface area contributed by atoms with Crippen LogP contribution in [-0.4, -0.2) is 42.6 Å². The van der Waals surface area contributed by atoms with Gasteiger partial charge in [0.1, 0.15) is 6.42 Å². The number of rotatable bonds is 5. The zero-order valence-electron chi connectivity index (χ0n) is 11.4. The van der Waals surface area contributed by atoms with Gasteiger partial charge >= 0.3 is 6.09 Å². The second kappa shape index (κ2) is 8.35. The number of nitriles is 1. The molecule has 1 N–H and O–H groups in total. The van der Waals surface area contributed by atoms with E-state index in [-0.39, 0.29) is 24.5 Å². The topological polar surface area (TPSA) is 82.4 Å². The van der Waals surface area contributed by atoms with E-state index in [9.17, 15) is 9.59 Å². The van der Waals surface area contributed by atoms with Crippen LogP contribution in [0.2, 0.25) is 0 Å². The Balaban J connectivity index is 2.23. The van der Waals surface area contributed by atoms with Crippen molar-refractivity contribution in [3.63, 3.8) is 0 Å². The largest absolute Gasteiger partial charge is 0.449 e. The fourth-order valence-corrected chi connectivity index (χ4v) is 1.95. The lowest BCUT2D eigenvalue weighted by molar-refractivity contribution is -0.121. The highest BCUT2D eigenvalue weighted by atomic mass is 16.6. The molecule has 0 saturated carbocycles. The molecular weight excluding hydrogens is 246 g/mol. The van der Waals surface area contributed by atoms with Gasteiger partial charge in [-0.3, -0.25) is 4.79 Å². The van der Waals surface area contributed by atoms with Crippen molar-refractivity contribution < 1.29 is 14.3 Å². The average Bonchev–Trinajstić information content (AvgIpc) is 2.40. The van der Waals surface area contributed by atoms with E-state index < -0.39 is 0 Å². The van der Waals surface area contributed by atoms with Gasteiger partial charge in [-0.05, 0) is 19.3 Å². The molecule has 1 aliphatic rings. The average molecular weight is 267 g/mol. The maximum absolute atomic E-state index is 11.7. The van der Waals surface area contributed by atoms with Crippen molar-refractivity contribution in [2.75, 3.05) is 19.7 Å². The first-order chi connectivity index (χ1) is 9.17. The molecule has 0 radical (unpaired) electrons. The summed E-state index contributed by atoms with van der Waals surface area (Å²) < 4.78 is 5.13. The van der Waals surface area contributed by atoms with Crippen molar-refractivity contribution in [2.24, 2.45) is 0 Å². The lowest BCUT2D eigenvalue weighted by Gasteiger charge is -2.31. The third-order valence-electron chi connectivity index (χ3n) is 3.08. The van der Waals surface area contributed by atoms with Crippen molar-refractivity contribution in [3.8, 4) is 6.07 Å². The highest BCUT2D eigenvalue weighted by Gasteiger charge is 2.24. The number of nitrogens with zero attached hydrogens (tertiary/aromatic N) is 2. The highest BCUT2D eigenvalue weighted by molar-refractivity contribution is 5.78. The molecule has 0 aliphatic carbocycles. The van der Waals surface area contributed by atoms with Gasteiger partial charge in [0.15, 0.2) is 0 Å². The third kappa shape index (κ3) is 5.60. The van der Waals surface area contributed by atoms with Crippen LogP contribution >= 0.6 is 0 Å². The number of amides is 2. The molecule has 6 heteroatoms. The maximum atomic E-state index is 11.7. The molecule has 0 aromatic heterocycles. The van der Waals surface area contributed by atoms with Gasteiger partial charge in [-0.2, -0.15) is 5.26 Å². The van der Waals surface area contributed by atoms with E-state index >= 15 is 0 Å². The Bertz CT molecular complexity index is 344. The number of likely N-dealkylation sites (tertiary alicyclic amines) is 1. The first kappa shape index (κ1) is 15.3. The number of piperidine rings is 1. The van der Waals surface area contributed by atoms with Gasteiger partial charge in [-0.15, -0.1) is 0 Å². The van der Waals surface area contributed by atoms with Crippen LogP contribution in [-0.2, 0) is 9.53 Å². The summed E-state index contributed by atoms with van der Waals surface area (Å²) in [6, 6.07) is 1.87. The molecule has 0 unspecified atom stereocenters. The van der Waals surface area contributed by atoms with Crippen LogP contribution in [0, 0.1) is 11.3 Å². The molecule has 2 amide bonds. The minimum Gasteiger partial charge on any atom is -0.449 e. The molecule has 1 fully saturated rings. The monoisotopic (exact) mass is 267 g/mol. The molecule has 0 aromatic rings. The van der Waals surface area contributed by atoms with Gasteiger partial charge in [-0.1, -0.05) is 13.3 Å². The summed E-state index contributed by atoms with van der Waals surface area (Å²) in [5.74, 6) is -0.244. The van der Waals surface area contributed by atoms with Gasteiger partial charge in [0.25, 0.3) is 0 Å². The van der Waals surface area contributed by atoms with Gasteiger partial charge < -0.3 is 15.0 Å². The van der Waals surface area contributed by atoms with Crippen molar-refractivity contribution in [3.05, 3.63) is 0 Å². The van der Waals surface area contributed by atoms with E-state index in [2.05, 4.69) is 5.32 Å². The summed E-state index contributed by atoms with van der Waals surface area (Å²) in [5.41, 5.74) is 0. The van der Waals surface area contributed by atoms with Crippen LogP contribution in [0.25, 0.3) is 0 Å². The summed E-state index contributed by atoms with van der Waals surface area (Å²) in [7, 11) is 0. The van der Waals surface area contributed by atoms with Crippen LogP contribution in [0.15, 0.2) is 0 Å². The Morgan fingerprint density at radius 3 is 2.68 bits per heavy atom. The smallest absolute Gasteiger partial charge is 0.409 e. The van der Waals surface area contributed by atoms with Crippen LogP contribution in [0.3, 0.4) is 0 Å². The van der Waals surface area contributed by atoms with Gasteiger partial charge in [-0.25, -0.2) is 4.79 Å². The number of carbonyl (C=O) groups is 2. The second-order valence-electron chi connectivity index (χ2n) is 4.63. The molecule has 0 spiro atoms. The third-order valence-corrected chi connectivity index (χ3v) is 3.08. The van der Waals surface area contributed by atoms with Gasteiger partial charge in [0.2, 0.25) is 5.91 Å². The molecule has 1 rings (SSSR count).